The summed E-state index contributed by atoms with van der Waals surface area (Å²) in [4.78, 5) is 0. The Labute approximate surface area is 95.7 Å². The number of aromatic hydroxyl groups is 1. The average molecular weight is 222 g/mol. The topological polar surface area (TPSA) is 49.7 Å². The van der Waals surface area contributed by atoms with Crippen molar-refractivity contribution >= 4 is 0 Å². The molecular formula is C13H18O3. The fourth-order valence-electron chi connectivity index (χ4n) is 2.35. The van der Waals surface area contributed by atoms with Gasteiger partial charge >= 0.3 is 0 Å². The molecule has 2 rings (SSSR count). The van der Waals surface area contributed by atoms with Gasteiger partial charge < -0.3 is 14.9 Å². The quantitative estimate of drug-likeness (QED) is 0.803. The van der Waals surface area contributed by atoms with Gasteiger partial charge in [0.15, 0.2) is 0 Å². The SMILES string of the molecule is CC1CC(O)(Cc2cccc(O)c2)CCO1. The van der Waals surface area contributed by atoms with Gasteiger partial charge in [0.2, 0.25) is 0 Å². The van der Waals surface area contributed by atoms with E-state index in [1.54, 1.807) is 18.2 Å². The fourth-order valence-corrected chi connectivity index (χ4v) is 2.35. The number of rotatable bonds is 2. The number of benzene rings is 1. The molecule has 0 radical (unpaired) electrons. The zero-order valence-corrected chi connectivity index (χ0v) is 9.52. The van der Waals surface area contributed by atoms with Gasteiger partial charge in [-0.1, -0.05) is 12.1 Å². The van der Waals surface area contributed by atoms with Gasteiger partial charge in [-0.15, -0.1) is 0 Å². The van der Waals surface area contributed by atoms with Crippen LogP contribution in [-0.4, -0.2) is 28.5 Å². The van der Waals surface area contributed by atoms with Gasteiger partial charge in [0, 0.05) is 19.4 Å². The van der Waals surface area contributed by atoms with Crippen LogP contribution in [0.3, 0.4) is 0 Å². The minimum absolute atomic E-state index is 0.107. The molecule has 0 spiro atoms. The van der Waals surface area contributed by atoms with Crippen molar-refractivity contribution in [2.24, 2.45) is 0 Å². The predicted molar refractivity (Wildman–Crippen MR) is 61.4 cm³/mol. The lowest BCUT2D eigenvalue weighted by molar-refractivity contribution is -0.0961. The Hall–Kier alpha value is -1.06. The summed E-state index contributed by atoms with van der Waals surface area (Å²) in [5, 5.41) is 19.8. The molecule has 16 heavy (non-hydrogen) atoms. The molecule has 2 N–H and O–H groups in total. The van der Waals surface area contributed by atoms with Crippen molar-refractivity contribution in [3.8, 4) is 5.75 Å². The number of hydrogen-bond acceptors (Lipinski definition) is 3. The zero-order valence-electron chi connectivity index (χ0n) is 9.52. The van der Waals surface area contributed by atoms with Crippen LogP contribution < -0.4 is 0 Å². The number of ether oxygens (including phenoxy) is 1. The van der Waals surface area contributed by atoms with E-state index >= 15 is 0 Å². The van der Waals surface area contributed by atoms with E-state index in [9.17, 15) is 10.2 Å². The molecule has 0 aromatic heterocycles. The molecule has 3 nitrogen and oxygen atoms in total. The van der Waals surface area contributed by atoms with E-state index in [2.05, 4.69) is 0 Å². The van der Waals surface area contributed by atoms with Gasteiger partial charge in [0.1, 0.15) is 5.75 Å². The second-order valence-electron chi connectivity index (χ2n) is 4.71. The molecule has 0 amide bonds. The van der Waals surface area contributed by atoms with Crippen molar-refractivity contribution in [2.45, 2.75) is 37.9 Å². The van der Waals surface area contributed by atoms with E-state index in [-0.39, 0.29) is 11.9 Å². The second-order valence-corrected chi connectivity index (χ2v) is 4.71. The monoisotopic (exact) mass is 222 g/mol. The molecule has 2 atom stereocenters. The Bertz CT molecular complexity index is 364. The normalized spacial score (nSPS) is 30.2. The van der Waals surface area contributed by atoms with Gasteiger partial charge in [-0.3, -0.25) is 0 Å². The fraction of sp³-hybridized carbons (Fsp3) is 0.538. The van der Waals surface area contributed by atoms with E-state index in [1.807, 2.05) is 13.0 Å². The predicted octanol–water partition coefficient (Wildman–Crippen LogP) is 1.86. The molecule has 2 unspecified atom stereocenters. The highest BCUT2D eigenvalue weighted by Crippen LogP contribution is 2.29. The van der Waals surface area contributed by atoms with Crippen LogP contribution in [0.25, 0.3) is 0 Å². The molecule has 0 aliphatic carbocycles. The number of phenolic OH excluding ortho intramolecular Hbond substituents is 1. The first-order valence-corrected chi connectivity index (χ1v) is 5.69. The Balaban J connectivity index is 2.08. The Morgan fingerprint density at radius 2 is 2.31 bits per heavy atom. The minimum atomic E-state index is -0.689. The van der Waals surface area contributed by atoms with E-state index in [1.165, 1.54) is 0 Å². The first kappa shape index (κ1) is 11.4. The van der Waals surface area contributed by atoms with E-state index in [4.69, 9.17) is 4.74 Å². The zero-order chi connectivity index (χ0) is 11.6. The molecule has 1 heterocycles. The molecule has 0 saturated carbocycles. The van der Waals surface area contributed by atoms with Crippen molar-refractivity contribution in [3.05, 3.63) is 29.8 Å². The van der Waals surface area contributed by atoms with Gasteiger partial charge in [0.25, 0.3) is 0 Å². The molecule has 1 saturated heterocycles. The summed E-state index contributed by atoms with van der Waals surface area (Å²) in [7, 11) is 0. The summed E-state index contributed by atoms with van der Waals surface area (Å²) in [6.07, 6.45) is 2.00. The van der Waals surface area contributed by atoms with Gasteiger partial charge in [-0.25, -0.2) is 0 Å². The molecular weight excluding hydrogens is 204 g/mol. The summed E-state index contributed by atoms with van der Waals surface area (Å²) >= 11 is 0. The average Bonchev–Trinajstić information content (AvgIpc) is 2.16. The van der Waals surface area contributed by atoms with Crippen LogP contribution in [0.15, 0.2) is 24.3 Å². The van der Waals surface area contributed by atoms with Crippen molar-refractivity contribution < 1.29 is 14.9 Å². The van der Waals surface area contributed by atoms with Crippen molar-refractivity contribution in [2.75, 3.05) is 6.61 Å². The number of phenols is 1. The standard InChI is InChI=1S/C13H18O3/c1-10-8-13(15,5-6-16-10)9-11-3-2-4-12(14)7-11/h2-4,7,10,14-15H,5-6,8-9H2,1H3. The third-order valence-corrected chi connectivity index (χ3v) is 3.08. The summed E-state index contributed by atoms with van der Waals surface area (Å²) in [6, 6.07) is 7.08. The van der Waals surface area contributed by atoms with E-state index in [0.717, 1.165) is 5.56 Å². The number of hydrogen-bond donors (Lipinski definition) is 2. The Morgan fingerprint density at radius 1 is 1.50 bits per heavy atom. The summed E-state index contributed by atoms with van der Waals surface area (Å²) < 4.78 is 5.43. The molecule has 1 aliphatic heterocycles. The van der Waals surface area contributed by atoms with Crippen LogP contribution >= 0.6 is 0 Å². The van der Waals surface area contributed by atoms with Crippen LogP contribution in [0.2, 0.25) is 0 Å². The molecule has 1 fully saturated rings. The summed E-state index contributed by atoms with van der Waals surface area (Å²) in [6.45, 7) is 2.59. The van der Waals surface area contributed by atoms with Crippen LogP contribution in [0.1, 0.15) is 25.3 Å². The highest BCUT2D eigenvalue weighted by Gasteiger charge is 2.33. The third kappa shape index (κ3) is 2.74. The summed E-state index contributed by atoms with van der Waals surface area (Å²) in [5.74, 6) is 0.251. The Kier molecular flexibility index (Phi) is 3.17. The first-order valence-electron chi connectivity index (χ1n) is 5.69. The molecule has 3 heteroatoms. The van der Waals surface area contributed by atoms with Gasteiger partial charge in [-0.2, -0.15) is 0 Å². The third-order valence-electron chi connectivity index (χ3n) is 3.08. The highest BCUT2D eigenvalue weighted by atomic mass is 16.5. The van der Waals surface area contributed by atoms with Crippen molar-refractivity contribution in [3.63, 3.8) is 0 Å². The molecule has 1 aromatic carbocycles. The van der Waals surface area contributed by atoms with E-state index < -0.39 is 5.60 Å². The van der Waals surface area contributed by atoms with Crippen LogP contribution in [-0.2, 0) is 11.2 Å². The lowest BCUT2D eigenvalue weighted by atomic mass is 9.85. The maximum absolute atomic E-state index is 10.4. The lowest BCUT2D eigenvalue weighted by Gasteiger charge is -2.35. The van der Waals surface area contributed by atoms with Crippen LogP contribution in [0, 0.1) is 0 Å². The van der Waals surface area contributed by atoms with E-state index in [0.29, 0.717) is 25.9 Å². The van der Waals surface area contributed by atoms with Crippen molar-refractivity contribution in [1.29, 1.82) is 0 Å². The maximum atomic E-state index is 10.4. The minimum Gasteiger partial charge on any atom is -0.508 e. The van der Waals surface area contributed by atoms with Gasteiger partial charge in [0.05, 0.1) is 11.7 Å². The van der Waals surface area contributed by atoms with Crippen LogP contribution in [0.5, 0.6) is 5.75 Å². The molecule has 1 aliphatic rings. The molecule has 0 bridgehead atoms. The lowest BCUT2D eigenvalue weighted by Crippen LogP contribution is -2.41. The first-order chi connectivity index (χ1) is 7.57. The Morgan fingerprint density at radius 3 is 3.00 bits per heavy atom. The second kappa shape index (κ2) is 4.44. The molecule has 1 aromatic rings. The smallest absolute Gasteiger partial charge is 0.115 e. The van der Waals surface area contributed by atoms with Crippen LogP contribution in [0.4, 0.5) is 0 Å². The van der Waals surface area contributed by atoms with Crippen molar-refractivity contribution in [1.82, 2.24) is 0 Å². The molecule has 88 valence electrons. The number of aliphatic hydroxyl groups is 1. The highest BCUT2D eigenvalue weighted by molar-refractivity contribution is 5.28. The van der Waals surface area contributed by atoms with Gasteiger partial charge in [-0.05, 0) is 31.0 Å². The summed E-state index contributed by atoms with van der Waals surface area (Å²) in [5.41, 5.74) is 0.280. The maximum Gasteiger partial charge on any atom is 0.115 e. The largest absolute Gasteiger partial charge is 0.508 e.